The van der Waals surface area contributed by atoms with Crippen LogP contribution < -0.4 is 0 Å². The van der Waals surface area contributed by atoms with Crippen LogP contribution in [0.3, 0.4) is 0 Å². The Kier molecular flexibility index (Phi) is 13.1. The van der Waals surface area contributed by atoms with Crippen molar-refractivity contribution in [3.8, 4) is 0 Å². The molecule has 0 heterocycles. The van der Waals surface area contributed by atoms with Crippen molar-refractivity contribution in [2.75, 3.05) is 0 Å². The van der Waals surface area contributed by atoms with Gasteiger partial charge in [0.2, 0.25) is 0 Å². The molecule has 0 spiro atoms. The van der Waals surface area contributed by atoms with Gasteiger partial charge >= 0.3 is 0 Å². The molecule has 138 valence electrons. The van der Waals surface area contributed by atoms with Gasteiger partial charge in [-0.3, -0.25) is 0 Å². The molecule has 3 heteroatoms. The predicted molar refractivity (Wildman–Crippen MR) is 114 cm³/mol. The molecule has 0 aliphatic carbocycles. The summed E-state index contributed by atoms with van der Waals surface area (Å²) in [6.45, 7) is 0.243. The first-order chi connectivity index (χ1) is 11.6. The first kappa shape index (κ1) is 22.1. The summed E-state index contributed by atoms with van der Waals surface area (Å²) < 4.78 is 0. The maximum absolute atomic E-state index is 6.61. The summed E-state index contributed by atoms with van der Waals surface area (Å²) in [4.78, 5) is 0. The largest absolute Gasteiger partial charge is 0.251 e. The molecule has 0 amide bonds. The molecule has 1 aromatic carbocycles. The summed E-state index contributed by atoms with van der Waals surface area (Å²) >= 11 is 13.2. The number of benzene rings is 1. The molecule has 1 rings (SSSR count). The lowest BCUT2D eigenvalue weighted by Crippen LogP contribution is -2.19. The number of halogens is 2. The van der Waals surface area contributed by atoms with E-state index in [1.165, 1.54) is 76.2 Å². The minimum atomic E-state index is -2.04. The topological polar surface area (TPSA) is 0 Å². The summed E-state index contributed by atoms with van der Waals surface area (Å²) in [5.41, 5.74) is 1.36. The summed E-state index contributed by atoms with van der Waals surface area (Å²) in [7, 11) is 0. The quantitative estimate of drug-likeness (QED) is 0.161. The van der Waals surface area contributed by atoms with Crippen LogP contribution in [-0.2, 0) is 6.42 Å². The second-order valence-corrected chi connectivity index (χ2v) is 14.8. The van der Waals surface area contributed by atoms with Crippen LogP contribution in [-0.4, -0.2) is 6.69 Å². The minimum Gasteiger partial charge on any atom is -0.146 e. The Hall–Kier alpha value is 0.0169. The zero-order valence-electron chi connectivity index (χ0n) is 15.5. The monoisotopic (exact) mass is 386 g/mol. The number of rotatable bonds is 15. The third-order valence-corrected chi connectivity index (χ3v) is 9.10. The Labute approximate surface area is 160 Å². The van der Waals surface area contributed by atoms with E-state index in [0.717, 1.165) is 18.5 Å². The Morgan fingerprint density at radius 1 is 0.667 bits per heavy atom. The summed E-state index contributed by atoms with van der Waals surface area (Å²) in [6, 6.07) is 12.6. The summed E-state index contributed by atoms with van der Waals surface area (Å²) in [5.74, 6) is 0. The lowest BCUT2D eigenvalue weighted by Gasteiger charge is -2.16. The third-order valence-electron chi connectivity index (χ3n) is 4.77. The first-order valence-electron chi connectivity index (χ1n) is 10.1. The van der Waals surface area contributed by atoms with Crippen molar-refractivity contribution in [3.05, 3.63) is 35.9 Å². The van der Waals surface area contributed by atoms with Crippen LogP contribution in [0.25, 0.3) is 0 Å². The first-order valence-corrected chi connectivity index (χ1v) is 14.5. The summed E-state index contributed by atoms with van der Waals surface area (Å²) in [6.07, 6.45) is 16.2. The molecule has 0 aromatic heterocycles. The van der Waals surface area contributed by atoms with E-state index in [1.54, 1.807) is 0 Å². The SMILES string of the molecule is CCCCCCCCCCCCC[Si](Cl)(Cl)CCc1ccccc1. The Morgan fingerprint density at radius 2 is 1.17 bits per heavy atom. The third kappa shape index (κ3) is 12.4. The molecule has 0 aliphatic rings. The van der Waals surface area contributed by atoms with E-state index in [-0.39, 0.29) is 0 Å². The molecule has 1 aromatic rings. The van der Waals surface area contributed by atoms with E-state index in [9.17, 15) is 0 Å². The molecular formula is C21H36Cl2Si. The van der Waals surface area contributed by atoms with Gasteiger partial charge in [0.25, 0.3) is 6.69 Å². The van der Waals surface area contributed by atoms with Gasteiger partial charge in [-0.1, -0.05) is 108 Å². The van der Waals surface area contributed by atoms with E-state index in [4.69, 9.17) is 22.2 Å². The van der Waals surface area contributed by atoms with Crippen LogP contribution in [0.5, 0.6) is 0 Å². The molecule has 0 atom stereocenters. The van der Waals surface area contributed by atoms with Crippen molar-refractivity contribution >= 4 is 28.9 Å². The van der Waals surface area contributed by atoms with Crippen molar-refractivity contribution in [1.82, 2.24) is 0 Å². The van der Waals surface area contributed by atoms with Crippen molar-refractivity contribution in [1.29, 1.82) is 0 Å². The van der Waals surface area contributed by atoms with E-state index >= 15 is 0 Å². The van der Waals surface area contributed by atoms with Crippen LogP contribution in [0.2, 0.25) is 12.1 Å². The van der Waals surface area contributed by atoms with Gasteiger partial charge in [0.15, 0.2) is 0 Å². The molecule has 0 bridgehead atoms. The average Bonchev–Trinajstić information content (AvgIpc) is 2.59. The Morgan fingerprint density at radius 3 is 1.71 bits per heavy atom. The molecular weight excluding hydrogens is 351 g/mol. The standard InChI is InChI=1S/C21H36Cl2Si/c1-2-3-4-5-6-7-8-9-10-11-15-19-24(22,23)20-18-21-16-13-12-14-17-21/h12-14,16-17H,2-11,15,18-20H2,1H3. The molecule has 0 radical (unpaired) electrons. The Bertz CT molecular complexity index is 392. The Balaban J connectivity index is 1.94. The number of aryl methyl sites for hydroxylation is 1. The highest BCUT2D eigenvalue weighted by molar-refractivity contribution is 7.45. The molecule has 0 saturated heterocycles. The second-order valence-electron chi connectivity index (χ2n) is 7.13. The van der Waals surface area contributed by atoms with Gasteiger partial charge in [0.1, 0.15) is 0 Å². The van der Waals surface area contributed by atoms with Crippen LogP contribution in [0.15, 0.2) is 30.3 Å². The highest BCUT2D eigenvalue weighted by Gasteiger charge is 2.27. The smallest absolute Gasteiger partial charge is 0.146 e. The zero-order valence-corrected chi connectivity index (χ0v) is 18.1. The van der Waals surface area contributed by atoms with E-state index in [1.807, 2.05) is 0 Å². The lowest BCUT2D eigenvalue weighted by atomic mass is 10.1. The van der Waals surface area contributed by atoms with Crippen molar-refractivity contribution in [2.45, 2.75) is 96.1 Å². The van der Waals surface area contributed by atoms with Crippen LogP contribution in [0.1, 0.15) is 83.1 Å². The van der Waals surface area contributed by atoms with Crippen LogP contribution >= 0.6 is 22.2 Å². The van der Waals surface area contributed by atoms with Gasteiger partial charge < -0.3 is 0 Å². The fourth-order valence-corrected chi connectivity index (χ4v) is 6.19. The normalized spacial score (nSPS) is 11.8. The summed E-state index contributed by atoms with van der Waals surface area (Å²) in [5, 5.41) is 0. The second kappa shape index (κ2) is 14.2. The van der Waals surface area contributed by atoms with Crippen LogP contribution in [0.4, 0.5) is 0 Å². The highest BCUT2D eigenvalue weighted by Crippen LogP contribution is 2.30. The molecule has 0 N–H and O–H groups in total. The van der Waals surface area contributed by atoms with Crippen molar-refractivity contribution in [3.63, 3.8) is 0 Å². The van der Waals surface area contributed by atoms with E-state index in [2.05, 4.69) is 37.3 Å². The number of hydrogen-bond acceptors (Lipinski definition) is 0. The van der Waals surface area contributed by atoms with Gasteiger partial charge in [-0.05, 0) is 24.1 Å². The maximum Gasteiger partial charge on any atom is 0.251 e. The fourth-order valence-electron chi connectivity index (χ4n) is 3.14. The van der Waals surface area contributed by atoms with Crippen molar-refractivity contribution in [2.24, 2.45) is 0 Å². The molecule has 0 nitrogen and oxygen atoms in total. The number of hydrogen-bond donors (Lipinski definition) is 0. The van der Waals surface area contributed by atoms with Gasteiger partial charge in [-0.2, -0.15) is 0 Å². The molecule has 0 saturated carbocycles. The number of unbranched alkanes of at least 4 members (excludes halogenated alkanes) is 10. The van der Waals surface area contributed by atoms with Gasteiger partial charge in [0, 0.05) is 0 Å². The fraction of sp³-hybridized carbons (Fsp3) is 0.714. The molecule has 0 aliphatic heterocycles. The zero-order chi connectivity index (χ0) is 17.5. The van der Waals surface area contributed by atoms with Crippen LogP contribution in [0, 0.1) is 0 Å². The highest BCUT2D eigenvalue weighted by atomic mass is 35.7. The van der Waals surface area contributed by atoms with Gasteiger partial charge in [-0.15, -0.1) is 22.2 Å². The molecule has 0 unspecified atom stereocenters. The predicted octanol–water partition coefficient (Wildman–Crippen LogP) is 8.46. The lowest BCUT2D eigenvalue weighted by molar-refractivity contribution is 0.554. The average molecular weight is 388 g/mol. The van der Waals surface area contributed by atoms with E-state index < -0.39 is 6.69 Å². The van der Waals surface area contributed by atoms with Crippen molar-refractivity contribution < 1.29 is 0 Å². The maximum atomic E-state index is 6.61. The molecule has 24 heavy (non-hydrogen) atoms. The minimum absolute atomic E-state index is 0.984. The van der Waals surface area contributed by atoms with Gasteiger partial charge in [0.05, 0.1) is 0 Å². The van der Waals surface area contributed by atoms with E-state index in [0.29, 0.717) is 0 Å². The molecule has 0 fully saturated rings. The van der Waals surface area contributed by atoms with Gasteiger partial charge in [-0.25, -0.2) is 0 Å².